The molecule has 0 saturated carbocycles. The van der Waals surface area contributed by atoms with Crippen molar-refractivity contribution in [2.24, 2.45) is 0 Å². The Bertz CT molecular complexity index is 3630. The van der Waals surface area contributed by atoms with E-state index in [4.69, 9.17) is 9.40 Å². The van der Waals surface area contributed by atoms with E-state index in [2.05, 4.69) is 205 Å². The number of fused-ring (bicyclic) bond motifs is 7. The van der Waals surface area contributed by atoms with Crippen LogP contribution in [-0.2, 0) is 0 Å². The van der Waals surface area contributed by atoms with Crippen molar-refractivity contribution in [1.29, 1.82) is 0 Å². The van der Waals surface area contributed by atoms with Crippen LogP contribution in [0, 0.1) is 0 Å². The molecule has 3 nitrogen and oxygen atoms in total. The van der Waals surface area contributed by atoms with E-state index in [1.807, 2.05) is 30.3 Å². The van der Waals surface area contributed by atoms with E-state index in [1.54, 1.807) is 0 Å². The Hall–Kier alpha value is -8.27. The van der Waals surface area contributed by atoms with Crippen molar-refractivity contribution in [2.45, 2.75) is 0 Å². The summed E-state index contributed by atoms with van der Waals surface area (Å²) in [7, 11) is 0. The molecule has 0 fully saturated rings. The van der Waals surface area contributed by atoms with Gasteiger partial charge in [-0.2, -0.15) is 0 Å². The number of hydrogen-bond donors (Lipinski definition) is 0. The quantitative estimate of drug-likeness (QED) is 0.151. The highest BCUT2D eigenvalue weighted by Gasteiger charge is 2.20. The van der Waals surface area contributed by atoms with Crippen molar-refractivity contribution >= 4 is 71.3 Å². The molecular formula is C59H38N2O. The summed E-state index contributed by atoms with van der Waals surface area (Å²) in [6, 6.07) is 82.5. The molecule has 0 aliphatic heterocycles. The smallest absolute Gasteiger partial charge is 0.227 e. The molecule has 0 unspecified atom stereocenters. The zero-order chi connectivity index (χ0) is 41.0. The van der Waals surface area contributed by atoms with Crippen LogP contribution in [-0.4, -0.2) is 4.98 Å². The molecular weight excluding hydrogens is 753 g/mol. The standard InChI is InChI=1S/C59H38N2O/c1-3-15-39(16-4-1)50-22-13-14-26-56(50)61(47-32-29-40(30-33-47)54-37-44-19-7-9-21-49(44)52-24-11-12-25-53(52)54)48-34-31-42-35-46(28-27-43(42)36-48)55-38-45-20-8-10-23-51(45)58-57(55)60-59(62-58)41-17-5-2-6-18-41/h1-38H. The molecule has 0 amide bonds. The van der Waals surface area contributed by atoms with Crippen LogP contribution in [0.15, 0.2) is 235 Å². The van der Waals surface area contributed by atoms with Gasteiger partial charge in [0.2, 0.25) is 5.89 Å². The monoisotopic (exact) mass is 790 g/mol. The van der Waals surface area contributed by atoms with Crippen LogP contribution >= 0.6 is 0 Å². The SMILES string of the molecule is c1ccc(-c2nc3c(-c4ccc5cc(N(c6ccc(-c7cc8ccccc8c8ccccc78)cc6)c6ccccc6-c6ccccc6)ccc5c4)cc4ccccc4c3o2)cc1. The van der Waals surface area contributed by atoms with Crippen molar-refractivity contribution in [3.8, 4) is 44.8 Å². The lowest BCUT2D eigenvalue weighted by atomic mass is 9.93. The number of hydrogen-bond acceptors (Lipinski definition) is 3. The molecule has 0 aliphatic rings. The van der Waals surface area contributed by atoms with Gasteiger partial charge in [0.1, 0.15) is 5.52 Å². The highest BCUT2D eigenvalue weighted by molar-refractivity contribution is 6.14. The van der Waals surface area contributed by atoms with Gasteiger partial charge in [0.15, 0.2) is 5.58 Å². The fourth-order valence-corrected chi connectivity index (χ4v) is 9.24. The molecule has 1 aromatic heterocycles. The first-order valence-corrected chi connectivity index (χ1v) is 21.1. The molecule has 1 heterocycles. The van der Waals surface area contributed by atoms with Crippen molar-refractivity contribution in [3.05, 3.63) is 231 Å². The van der Waals surface area contributed by atoms with Gasteiger partial charge in [-0.05, 0) is 121 Å². The fraction of sp³-hybridized carbons (Fsp3) is 0. The number of benzene rings is 11. The first-order chi connectivity index (χ1) is 30.7. The van der Waals surface area contributed by atoms with E-state index in [9.17, 15) is 0 Å². The van der Waals surface area contributed by atoms with E-state index in [-0.39, 0.29) is 0 Å². The maximum atomic E-state index is 6.54. The van der Waals surface area contributed by atoms with Crippen LogP contribution in [0.2, 0.25) is 0 Å². The molecule has 12 rings (SSSR count). The van der Waals surface area contributed by atoms with Gasteiger partial charge in [0.05, 0.1) is 5.69 Å². The first kappa shape index (κ1) is 35.7. The van der Waals surface area contributed by atoms with Gasteiger partial charge in [-0.3, -0.25) is 0 Å². The normalized spacial score (nSPS) is 11.5. The largest absolute Gasteiger partial charge is 0.435 e. The fourth-order valence-electron chi connectivity index (χ4n) is 9.24. The lowest BCUT2D eigenvalue weighted by Crippen LogP contribution is -2.11. The first-order valence-electron chi connectivity index (χ1n) is 21.1. The minimum absolute atomic E-state index is 0.623. The Morgan fingerprint density at radius 3 is 1.66 bits per heavy atom. The minimum atomic E-state index is 0.623. The lowest BCUT2D eigenvalue weighted by molar-refractivity contribution is 0.623. The highest BCUT2D eigenvalue weighted by atomic mass is 16.3. The van der Waals surface area contributed by atoms with Crippen LogP contribution in [0.1, 0.15) is 0 Å². The van der Waals surface area contributed by atoms with Crippen molar-refractivity contribution in [1.82, 2.24) is 4.98 Å². The summed E-state index contributed by atoms with van der Waals surface area (Å²) in [5, 5.41) is 9.51. The van der Waals surface area contributed by atoms with Crippen LogP contribution in [0.3, 0.4) is 0 Å². The molecule has 12 aromatic rings. The summed E-state index contributed by atoms with van der Waals surface area (Å²) >= 11 is 0. The van der Waals surface area contributed by atoms with E-state index < -0.39 is 0 Å². The minimum Gasteiger partial charge on any atom is -0.435 e. The second kappa shape index (κ2) is 14.8. The third-order valence-corrected chi connectivity index (χ3v) is 12.2. The van der Waals surface area contributed by atoms with E-state index in [1.165, 1.54) is 38.2 Å². The van der Waals surface area contributed by atoms with Crippen molar-refractivity contribution in [2.75, 3.05) is 4.90 Å². The Morgan fingerprint density at radius 1 is 0.323 bits per heavy atom. The van der Waals surface area contributed by atoms with Crippen LogP contribution in [0.4, 0.5) is 17.1 Å². The number of anilines is 3. The van der Waals surface area contributed by atoms with Gasteiger partial charge < -0.3 is 9.32 Å². The third kappa shape index (κ3) is 6.10. The van der Waals surface area contributed by atoms with Gasteiger partial charge in [-0.15, -0.1) is 0 Å². The van der Waals surface area contributed by atoms with E-state index >= 15 is 0 Å². The second-order valence-electron chi connectivity index (χ2n) is 15.9. The van der Waals surface area contributed by atoms with Crippen molar-refractivity contribution < 1.29 is 4.42 Å². The average molecular weight is 791 g/mol. The van der Waals surface area contributed by atoms with Gasteiger partial charge >= 0.3 is 0 Å². The molecule has 3 heteroatoms. The van der Waals surface area contributed by atoms with Gasteiger partial charge in [-0.25, -0.2) is 4.98 Å². The molecule has 0 spiro atoms. The molecule has 0 saturated heterocycles. The maximum absolute atomic E-state index is 6.54. The van der Waals surface area contributed by atoms with Crippen LogP contribution in [0.5, 0.6) is 0 Å². The topological polar surface area (TPSA) is 29.3 Å². The number of para-hydroxylation sites is 1. The van der Waals surface area contributed by atoms with Crippen LogP contribution < -0.4 is 4.90 Å². The maximum Gasteiger partial charge on any atom is 0.227 e. The summed E-state index contributed by atoms with van der Waals surface area (Å²) in [6.07, 6.45) is 0. The predicted molar refractivity (Wildman–Crippen MR) is 260 cm³/mol. The van der Waals surface area contributed by atoms with Crippen molar-refractivity contribution in [3.63, 3.8) is 0 Å². The average Bonchev–Trinajstić information content (AvgIpc) is 3.81. The Kier molecular flexibility index (Phi) is 8.50. The molecule has 62 heavy (non-hydrogen) atoms. The van der Waals surface area contributed by atoms with E-state index in [0.717, 1.165) is 72.0 Å². The Balaban J connectivity index is 0.988. The predicted octanol–water partition coefficient (Wildman–Crippen LogP) is 16.6. The Morgan fingerprint density at radius 2 is 0.871 bits per heavy atom. The number of oxazole rings is 1. The zero-order valence-corrected chi connectivity index (χ0v) is 33.7. The summed E-state index contributed by atoms with van der Waals surface area (Å²) in [4.78, 5) is 7.50. The summed E-state index contributed by atoms with van der Waals surface area (Å²) in [6.45, 7) is 0. The zero-order valence-electron chi connectivity index (χ0n) is 33.7. The summed E-state index contributed by atoms with van der Waals surface area (Å²) in [5.74, 6) is 0.623. The number of aromatic nitrogens is 1. The molecule has 0 N–H and O–H groups in total. The lowest BCUT2D eigenvalue weighted by Gasteiger charge is -2.28. The molecule has 0 aliphatic carbocycles. The highest BCUT2D eigenvalue weighted by Crippen LogP contribution is 2.44. The molecule has 0 atom stereocenters. The van der Waals surface area contributed by atoms with E-state index in [0.29, 0.717) is 5.89 Å². The number of rotatable bonds is 7. The molecule has 0 bridgehead atoms. The second-order valence-corrected chi connectivity index (χ2v) is 15.9. The Labute approximate surface area is 359 Å². The van der Waals surface area contributed by atoms with Gasteiger partial charge in [0, 0.05) is 33.5 Å². The van der Waals surface area contributed by atoms with Crippen LogP contribution in [0.25, 0.3) is 99.0 Å². The van der Waals surface area contributed by atoms with Gasteiger partial charge in [0.25, 0.3) is 0 Å². The summed E-state index contributed by atoms with van der Waals surface area (Å²) < 4.78 is 6.54. The molecule has 290 valence electrons. The third-order valence-electron chi connectivity index (χ3n) is 12.2. The molecule has 11 aromatic carbocycles. The van der Waals surface area contributed by atoms with Gasteiger partial charge in [-0.1, -0.05) is 170 Å². The number of nitrogens with zero attached hydrogens (tertiary/aromatic N) is 2. The molecule has 0 radical (unpaired) electrons. The summed E-state index contributed by atoms with van der Waals surface area (Å²) in [5.41, 5.74) is 12.8.